The molecule has 0 aromatic carbocycles. The molecule has 4 heterocycles. The molecule has 0 saturated carbocycles. The van der Waals surface area contributed by atoms with E-state index < -0.39 is 0 Å². The second-order valence-corrected chi connectivity index (χ2v) is 5.70. The van der Waals surface area contributed by atoms with Crippen molar-refractivity contribution in [2.24, 2.45) is 0 Å². The summed E-state index contributed by atoms with van der Waals surface area (Å²) in [5.41, 5.74) is 1.54. The third-order valence-electron chi connectivity index (χ3n) is 3.43. The van der Waals surface area contributed by atoms with Gasteiger partial charge < -0.3 is 5.32 Å². The standard InChI is InChI=1S/C13H10N4O2S/c18-11-7-2-1-4-15-10(7)12(19)17(11)13-16-8-3-5-14-6-9(8)20-13/h1-2,4,14H,3,5-6H2. The summed E-state index contributed by atoms with van der Waals surface area (Å²) in [5.74, 6) is -0.721. The van der Waals surface area contributed by atoms with Gasteiger partial charge in [-0.3, -0.25) is 14.6 Å². The van der Waals surface area contributed by atoms with Crippen molar-refractivity contribution in [3.8, 4) is 0 Å². The van der Waals surface area contributed by atoms with Crippen LogP contribution < -0.4 is 10.2 Å². The maximum atomic E-state index is 12.3. The Morgan fingerprint density at radius 3 is 3.00 bits per heavy atom. The molecule has 0 atom stereocenters. The van der Waals surface area contributed by atoms with Crippen LogP contribution >= 0.6 is 11.3 Å². The summed E-state index contributed by atoms with van der Waals surface area (Å²) in [6.07, 6.45) is 2.34. The lowest BCUT2D eigenvalue weighted by atomic mass is 10.2. The Bertz CT molecular complexity index is 681. The van der Waals surface area contributed by atoms with Crippen LogP contribution in [0.5, 0.6) is 0 Å². The minimum atomic E-state index is -0.385. The third-order valence-corrected chi connectivity index (χ3v) is 4.51. The molecule has 0 bridgehead atoms. The summed E-state index contributed by atoms with van der Waals surface area (Å²) in [5, 5.41) is 3.70. The molecule has 0 saturated heterocycles. The zero-order valence-corrected chi connectivity index (χ0v) is 11.2. The van der Waals surface area contributed by atoms with Crippen LogP contribution in [0.15, 0.2) is 18.3 Å². The van der Waals surface area contributed by atoms with E-state index in [4.69, 9.17) is 0 Å². The number of nitrogens with one attached hydrogen (secondary N) is 1. The summed E-state index contributed by atoms with van der Waals surface area (Å²) in [4.78, 5) is 35.3. The van der Waals surface area contributed by atoms with E-state index >= 15 is 0 Å². The first-order chi connectivity index (χ1) is 9.75. The molecule has 4 rings (SSSR count). The SMILES string of the molecule is O=C1c2cccnc2C(=O)N1c1nc2c(s1)CNCC2. The van der Waals surface area contributed by atoms with E-state index in [9.17, 15) is 9.59 Å². The summed E-state index contributed by atoms with van der Waals surface area (Å²) in [6, 6.07) is 3.28. The number of aromatic nitrogens is 2. The van der Waals surface area contributed by atoms with E-state index in [0.717, 1.165) is 35.0 Å². The van der Waals surface area contributed by atoms with Gasteiger partial charge >= 0.3 is 0 Å². The number of carbonyl (C=O) groups excluding carboxylic acids is 2. The highest BCUT2D eigenvalue weighted by Gasteiger charge is 2.39. The normalized spacial score (nSPS) is 17.3. The Kier molecular flexibility index (Phi) is 2.45. The van der Waals surface area contributed by atoms with Crippen LogP contribution in [-0.4, -0.2) is 28.3 Å². The zero-order chi connectivity index (χ0) is 13.7. The van der Waals surface area contributed by atoms with Gasteiger partial charge in [-0.2, -0.15) is 0 Å². The number of carbonyl (C=O) groups is 2. The molecule has 2 amide bonds. The number of thiazole rings is 1. The van der Waals surface area contributed by atoms with Crippen molar-refractivity contribution in [3.63, 3.8) is 0 Å². The summed E-state index contributed by atoms with van der Waals surface area (Å²) in [6.45, 7) is 1.62. The van der Waals surface area contributed by atoms with Gasteiger partial charge in [0.15, 0.2) is 5.13 Å². The molecule has 2 aliphatic rings. The number of hydrogen-bond acceptors (Lipinski definition) is 6. The fourth-order valence-corrected chi connectivity index (χ4v) is 3.52. The summed E-state index contributed by atoms with van der Waals surface area (Å²) < 4.78 is 0. The number of rotatable bonds is 1. The zero-order valence-electron chi connectivity index (χ0n) is 10.4. The van der Waals surface area contributed by atoms with E-state index in [1.807, 2.05) is 0 Å². The largest absolute Gasteiger partial charge is 0.311 e. The molecule has 0 fully saturated rings. The highest BCUT2D eigenvalue weighted by Crippen LogP contribution is 2.33. The topological polar surface area (TPSA) is 75.2 Å². The van der Waals surface area contributed by atoms with Crippen LogP contribution in [0.25, 0.3) is 0 Å². The first-order valence-electron chi connectivity index (χ1n) is 6.29. The van der Waals surface area contributed by atoms with Gasteiger partial charge in [-0.25, -0.2) is 9.88 Å². The predicted octanol–water partition coefficient (Wildman–Crippen LogP) is 0.984. The van der Waals surface area contributed by atoms with Crippen molar-refractivity contribution in [1.82, 2.24) is 15.3 Å². The molecule has 1 N–H and O–H groups in total. The van der Waals surface area contributed by atoms with Gasteiger partial charge in [0.1, 0.15) is 5.69 Å². The highest BCUT2D eigenvalue weighted by atomic mass is 32.1. The second kappa shape index (κ2) is 4.19. The van der Waals surface area contributed by atoms with E-state index in [2.05, 4.69) is 15.3 Å². The number of fused-ring (bicyclic) bond motifs is 2. The first kappa shape index (κ1) is 11.7. The Morgan fingerprint density at radius 1 is 1.30 bits per heavy atom. The summed E-state index contributed by atoms with van der Waals surface area (Å²) >= 11 is 1.39. The number of amides is 2. The van der Waals surface area contributed by atoms with E-state index in [0.29, 0.717) is 10.7 Å². The number of nitrogens with zero attached hydrogens (tertiary/aromatic N) is 3. The lowest BCUT2D eigenvalue weighted by Gasteiger charge is -2.09. The second-order valence-electron chi connectivity index (χ2n) is 4.64. The fourth-order valence-electron chi connectivity index (χ4n) is 2.45. The van der Waals surface area contributed by atoms with Crippen LogP contribution in [0.2, 0.25) is 0 Å². The number of hydrogen-bond donors (Lipinski definition) is 1. The Labute approximate surface area is 118 Å². The van der Waals surface area contributed by atoms with Crippen LogP contribution in [0, 0.1) is 0 Å². The van der Waals surface area contributed by atoms with Gasteiger partial charge in [0, 0.05) is 30.6 Å². The lowest BCUT2D eigenvalue weighted by molar-refractivity contribution is 0.0924. The van der Waals surface area contributed by atoms with Gasteiger partial charge in [0.05, 0.1) is 11.3 Å². The highest BCUT2D eigenvalue weighted by molar-refractivity contribution is 7.16. The van der Waals surface area contributed by atoms with Crippen LogP contribution in [-0.2, 0) is 13.0 Å². The van der Waals surface area contributed by atoms with Gasteiger partial charge in [0.2, 0.25) is 0 Å². The monoisotopic (exact) mass is 286 g/mol. The molecule has 20 heavy (non-hydrogen) atoms. The Morgan fingerprint density at radius 2 is 2.20 bits per heavy atom. The molecule has 2 aromatic rings. The molecule has 6 nitrogen and oxygen atoms in total. The molecule has 2 aliphatic heterocycles. The molecule has 0 spiro atoms. The molecule has 7 heteroatoms. The molecule has 0 radical (unpaired) electrons. The Balaban J connectivity index is 1.79. The molecule has 100 valence electrons. The van der Waals surface area contributed by atoms with E-state index in [-0.39, 0.29) is 17.5 Å². The summed E-state index contributed by atoms with van der Waals surface area (Å²) in [7, 11) is 0. The average molecular weight is 286 g/mol. The lowest BCUT2D eigenvalue weighted by Crippen LogP contribution is -2.29. The van der Waals surface area contributed by atoms with Crippen LogP contribution in [0.1, 0.15) is 31.4 Å². The number of pyridine rings is 1. The minimum absolute atomic E-state index is 0.212. The van der Waals surface area contributed by atoms with E-state index in [1.54, 1.807) is 12.1 Å². The smallest absolute Gasteiger partial charge is 0.286 e. The van der Waals surface area contributed by atoms with Crippen molar-refractivity contribution in [1.29, 1.82) is 0 Å². The molecule has 0 unspecified atom stereocenters. The predicted molar refractivity (Wildman–Crippen MR) is 72.9 cm³/mol. The molecule has 0 aliphatic carbocycles. The van der Waals surface area contributed by atoms with Gasteiger partial charge in [-0.1, -0.05) is 11.3 Å². The van der Waals surface area contributed by atoms with Gasteiger partial charge in [0.25, 0.3) is 11.8 Å². The first-order valence-corrected chi connectivity index (χ1v) is 7.10. The minimum Gasteiger partial charge on any atom is -0.311 e. The van der Waals surface area contributed by atoms with Gasteiger partial charge in [-0.15, -0.1) is 0 Å². The molecular weight excluding hydrogens is 276 g/mol. The Hall–Kier alpha value is -2.12. The molecule has 2 aromatic heterocycles. The maximum absolute atomic E-state index is 12.3. The quantitative estimate of drug-likeness (QED) is 0.791. The maximum Gasteiger partial charge on any atom is 0.286 e. The van der Waals surface area contributed by atoms with Crippen LogP contribution in [0.4, 0.5) is 5.13 Å². The third kappa shape index (κ3) is 1.53. The van der Waals surface area contributed by atoms with Crippen molar-refractivity contribution in [2.75, 3.05) is 11.4 Å². The van der Waals surface area contributed by atoms with E-state index in [1.165, 1.54) is 17.5 Å². The van der Waals surface area contributed by atoms with Crippen molar-refractivity contribution in [2.45, 2.75) is 13.0 Å². The van der Waals surface area contributed by atoms with Gasteiger partial charge in [-0.05, 0) is 12.1 Å². The fraction of sp³-hybridized carbons (Fsp3) is 0.231. The van der Waals surface area contributed by atoms with Crippen molar-refractivity contribution in [3.05, 3.63) is 40.2 Å². The number of imide groups is 1. The average Bonchev–Trinajstić information content (AvgIpc) is 3.00. The molecular formula is C13H10N4O2S. The van der Waals surface area contributed by atoms with Crippen molar-refractivity contribution >= 4 is 28.3 Å². The van der Waals surface area contributed by atoms with Crippen molar-refractivity contribution < 1.29 is 9.59 Å². The number of anilines is 1. The van der Waals surface area contributed by atoms with Crippen LogP contribution in [0.3, 0.4) is 0 Å².